The van der Waals surface area contributed by atoms with Gasteiger partial charge in [0.15, 0.2) is 0 Å². The summed E-state index contributed by atoms with van der Waals surface area (Å²) in [6.45, 7) is 1.97. The van der Waals surface area contributed by atoms with Gasteiger partial charge in [-0.05, 0) is 37.0 Å². The quantitative estimate of drug-likeness (QED) is 0.444. The van der Waals surface area contributed by atoms with Gasteiger partial charge >= 0.3 is 0 Å². The standard InChI is InChI=1S/C18H15N5OS3/c1-9-20-7-13-11-6-12(16-19-4-5-25-16)21-17-14(11)15(22-23(9)13)18(26-17)27(24)8-10-2-3-10/h4-7,10,22H,2-3,8H2,1H3. The summed E-state index contributed by atoms with van der Waals surface area (Å²) in [5, 5.41) is 8.42. The van der Waals surface area contributed by atoms with Crippen molar-refractivity contribution in [2.45, 2.75) is 24.0 Å². The van der Waals surface area contributed by atoms with E-state index in [1.54, 1.807) is 28.9 Å². The van der Waals surface area contributed by atoms with E-state index in [2.05, 4.69) is 21.1 Å². The molecule has 0 aliphatic heterocycles. The fourth-order valence-corrected chi connectivity index (χ4v) is 7.04. The van der Waals surface area contributed by atoms with Crippen molar-refractivity contribution in [3.63, 3.8) is 0 Å². The Morgan fingerprint density at radius 3 is 3.04 bits per heavy atom. The maximum absolute atomic E-state index is 13.0. The van der Waals surface area contributed by atoms with E-state index in [0.29, 0.717) is 5.92 Å². The van der Waals surface area contributed by atoms with Gasteiger partial charge in [0, 0.05) is 22.9 Å². The number of hydrogen-bond donors (Lipinski definition) is 1. The lowest BCUT2D eigenvalue weighted by molar-refractivity contribution is 0.593. The highest BCUT2D eigenvalue weighted by Gasteiger charge is 2.32. The van der Waals surface area contributed by atoms with Crippen LogP contribution in [0.4, 0.5) is 0 Å². The van der Waals surface area contributed by atoms with Crippen molar-refractivity contribution in [3.05, 3.63) is 29.7 Å². The molecule has 1 unspecified atom stereocenters. The van der Waals surface area contributed by atoms with Crippen LogP contribution in [0.3, 0.4) is 0 Å². The summed E-state index contributed by atoms with van der Waals surface area (Å²) >= 11 is 2.10. The van der Waals surface area contributed by atoms with E-state index in [1.807, 2.05) is 23.0 Å². The summed E-state index contributed by atoms with van der Waals surface area (Å²) in [5.74, 6) is 2.23. The SMILES string of the molecule is Cc1ncc2c3cc(-c4nccs4)nc4sc([S+]([O-])CC5CC5)c([nH]n12)c43. The van der Waals surface area contributed by atoms with E-state index < -0.39 is 11.2 Å². The van der Waals surface area contributed by atoms with Gasteiger partial charge in [-0.25, -0.2) is 19.5 Å². The number of rotatable bonds is 4. The molecule has 6 nitrogen and oxygen atoms in total. The van der Waals surface area contributed by atoms with Crippen LogP contribution in [0.1, 0.15) is 18.7 Å². The normalized spacial score (nSPS) is 16.1. The Labute approximate surface area is 165 Å². The zero-order chi connectivity index (χ0) is 18.1. The average molecular weight is 414 g/mol. The molecule has 5 heterocycles. The van der Waals surface area contributed by atoms with E-state index in [-0.39, 0.29) is 0 Å². The van der Waals surface area contributed by atoms with Crippen LogP contribution in [-0.4, -0.2) is 34.9 Å². The van der Waals surface area contributed by atoms with Gasteiger partial charge in [-0.1, -0.05) is 11.3 Å². The molecule has 0 amide bonds. The van der Waals surface area contributed by atoms with Crippen LogP contribution < -0.4 is 0 Å². The van der Waals surface area contributed by atoms with Crippen molar-refractivity contribution in [3.8, 4) is 10.7 Å². The smallest absolute Gasteiger partial charge is 0.234 e. The Morgan fingerprint density at radius 1 is 1.37 bits per heavy atom. The number of hydrogen-bond acceptors (Lipinski definition) is 6. The van der Waals surface area contributed by atoms with Gasteiger partial charge in [0.1, 0.15) is 32.6 Å². The molecule has 0 saturated heterocycles. The molecule has 1 atom stereocenters. The maximum atomic E-state index is 13.0. The molecule has 27 heavy (non-hydrogen) atoms. The molecule has 1 fully saturated rings. The minimum absolute atomic E-state index is 0.607. The highest BCUT2D eigenvalue weighted by molar-refractivity contribution is 7.93. The van der Waals surface area contributed by atoms with Crippen LogP contribution in [0.25, 0.3) is 37.3 Å². The number of imidazole rings is 1. The number of nitrogens with one attached hydrogen (secondary N) is 1. The Hall–Kier alpha value is -1.94. The van der Waals surface area contributed by atoms with Crippen molar-refractivity contribution in [1.82, 2.24) is 24.6 Å². The molecule has 6 rings (SSSR count). The van der Waals surface area contributed by atoms with Crippen LogP contribution >= 0.6 is 22.7 Å². The summed E-state index contributed by atoms with van der Waals surface area (Å²) in [6, 6.07) is 2.08. The first kappa shape index (κ1) is 16.1. The van der Waals surface area contributed by atoms with Gasteiger partial charge in [-0.15, -0.1) is 11.3 Å². The number of pyridine rings is 1. The first-order chi connectivity index (χ1) is 13.2. The number of aryl methyl sites for hydroxylation is 1. The molecule has 9 heteroatoms. The maximum Gasteiger partial charge on any atom is 0.234 e. The van der Waals surface area contributed by atoms with Crippen LogP contribution in [0.2, 0.25) is 0 Å². The van der Waals surface area contributed by atoms with Crippen LogP contribution in [0, 0.1) is 12.8 Å². The Bertz CT molecular complexity index is 1300. The van der Waals surface area contributed by atoms with Crippen molar-refractivity contribution < 1.29 is 4.55 Å². The van der Waals surface area contributed by atoms with E-state index in [1.165, 1.54) is 12.8 Å². The molecule has 5 aromatic rings. The first-order valence-electron chi connectivity index (χ1n) is 8.76. The van der Waals surface area contributed by atoms with Gasteiger partial charge in [0.05, 0.1) is 17.1 Å². The summed E-state index contributed by atoms with van der Waals surface area (Å²) in [6.07, 6.45) is 6.07. The average Bonchev–Trinajstić information content (AvgIpc) is 3.08. The van der Waals surface area contributed by atoms with Gasteiger partial charge in [0.25, 0.3) is 0 Å². The number of aromatic amines is 1. The monoisotopic (exact) mass is 413 g/mol. The molecule has 0 aromatic carbocycles. The number of H-pyrrole nitrogens is 1. The number of nitrogens with zero attached hydrogens (tertiary/aromatic N) is 4. The van der Waals surface area contributed by atoms with Gasteiger partial charge in [-0.2, -0.15) is 0 Å². The Balaban J connectivity index is 1.69. The minimum atomic E-state index is -1.01. The molecule has 5 aromatic heterocycles. The van der Waals surface area contributed by atoms with Gasteiger partial charge in [0.2, 0.25) is 4.21 Å². The summed E-state index contributed by atoms with van der Waals surface area (Å²) in [4.78, 5) is 14.7. The van der Waals surface area contributed by atoms with Crippen molar-refractivity contribution in [2.75, 3.05) is 5.75 Å². The largest absolute Gasteiger partial charge is 0.611 e. The fourth-order valence-electron chi connectivity index (χ4n) is 3.46. The third-order valence-electron chi connectivity index (χ3n) is 5.01. The van der Waals surface area contributed by atoms with Crippen LogP contribution in [0.5, 0.6) is 0 Å². The number of fused-ring (bicyclic) bond motifs is 2. The summed E-state index contributed by atoms with van der Waals surface area (Å²) in [7, 11) is 0. The molecule has 1 N–H and O–H groups in total. The summed E-state index contributed by atoms with van der Waals surface area (Å²) < 4.78 is 15.9. The minimum Gasteiger partial charge on any atom is -0.611 e. The topological polar surface area (TPSA) is 81.9 Å². The number of aromatic nitrogens is 5. The van der Waals surface area contributed by atoms with Gasteiger partial charge < -0.3 is 4.55 Å². The number of thiazole rings is 1. The second-order valence-electron chi connectivity index (χ2n) is 6.93. The van der Waals surface area contributed by atoms with E-state index in [4.69, 9.17) is 4.98 Å². The zero-order valence-corrected chi connectivity index (χ0v) is 16.9. The van der Waals surface area contributed by atoms with E-state index >= 15 is 0 Å². The molecule has 1 aliphatic carbocycles. The third-order valence-corrected chi connectivity index (χ3v) is 8.88. The van der Waals surface area contributed by atoms with Crippen molar-refractivity contribution in [2.24, 2.45) is 5.92 Å². The fraction of sp³-hybridized carbons (Fsp3) is 0.278. The zero-order valence-electron chi connectivity index (χ0n) is 14.4. The predicted molar refractivity (Wildman–Crippen MR) is 110 cm³/mol. The molecule has 136 valence electrons. The second kappa shape index (κ2) is 5.78. The summed E-state index contributed by atoms with van der Waals surface area (Å²) in [5.41, 5.74) is 2.78. The number of thiophene rings is 1. The molecular weight excluding hydrogens is 398 g/mol. The second-order valence-corrected chi connectivity index (χ2v) is 10.5. The highest BCUT2D eigenvalue weighted by Crippen LogP contribution is 2.42. The lowest BCUT2D eigenvalue weighted by Gasteiger charge is -2.09. The molecule has 1 aliphatic rings. The first-order valence-corrected chi connectivity index (χ1v) is 11.8. The van der Waals surface area contributed by atoms with Crippen LogP contribution in [0.15, 0.2) is 28.0 Å². The molecule has 1 saturated carbocycles. The third kappa shape index (κ3) is 2.46. The molecule has 0 radical (unpaired) electrons. The van der Waals surface area contributed by atoms with Crippen LogP contribution in [-0.2, 0) is 11.2 Å². The van der Waals surface area contributed by atoms with E-state index in [9.17, 15) is 4.55 Å². The van der Waals surface area contributed by atoms with Gasteiger partial charge in [-0.3, -0.25) is 5.10 Å². The molecule has 0 spiro atoms. The molecule has 0 bridgehead atoms. The predicted octanol–water partition coefficient (Wildman–Crippen LogP) is 4.37. The lowest BCUT2D eigenvalue weighted by atomic mass is 10.1. The van der Waals surface area contributed by atoms with Crippen molar-refractivity contribution in [1.29, 1.82) is 0 Å². The van der Waals surface area contributed by atoms with Crippen molar-refractivity contribution >= 4 is 60.5 Å². The highest BCUT2D eigenvalue weighted by atomic mass is 32.2. The molecular formula is C18H15N5OS3. The Morgan fingerprint density at radius 2 is 2.26 bits per heavy atom. The Kier molecular flexibility index (Phi) is 3.44. The lowest BCUT2D eigenvalue weighted by Crippen LogP contribution is -2.08. The van der Waals surface area contributed by atoms with E-state index in [0.717, 1.165) is 53.1 Å².